The minimum Gasteiger partial charge on any atom is -0.500 e. The number of aromatic nitrogens is 3. The van der Waals surface area contributed by atoms with Crippen LogP contribution in [0.25, 0.3) is 83.3 Å². The van der Waals surface area contributed by atoms with Gasteiger partial charge in [-0.2, -0.15) is 0 Å². The molecule has 0 bridgehead atoms. The zero-order valence-corrected chi connectivity index (χ0v) is 39.6. The van der Waals surface area contributed by atoms with E-state index in [-0.39, 0.29) is 20.1 Å². The molecule has 0 amide bonds. The first-order valence-corrected chi connectivity index (χ1v) is 21.5. The molecule has 0 unspecified atom stereocenters. The molecule has 0 aliphatic heterocycles. The molecule has 7 aromatic carbocycles. The Morgan fingerprint density at radius 1 is 0.625 bits per heavy atom. The Morgan fingerprint density at radius 3 is 2.02 bits per heavy atom. The normalized spacial score (nSPS) is 13.0. The van der Waals surface area contributed by atoms with Gasteiger partial charge in [-0.25, -0.2) is 0 Å². The number of nitrogens with zero attached hydrogens (tertiary/aromatic N) is 3. The Balaban J connectivity index is 0.000000183. The van der Waals surface area contributed by atoms with Crippen molar-refractivity contribution in [1.82, 2.24) is 14.5 Å². The fourth-order valence-corrected chi connectivity index (χ4v) is 8.25. The van der Waals surface area contributed by atoms with Crippen molar-refractivity contribution in [3.63, 3.8) is 0 Å². The van der Waals surface area contributed by atoms with Gasteiger partial charge in [-0.1, -0.05) is 156 Å². The van der Waals surface area contributed by atoms with E-state index in [4.69, 9.17) is 9.90 Å². The maximum absolute atomic E-state index is 8.95. The van der Waals surface area contributed by atoms with Crippen LogP contribution in [0.2, 0.25) is 0 Å². The third-order valence-corrected chi connectivity index (χ3v) is 11.2. The summed E-state index contributed by atoms with van der Waals surface area (Å²) in [6.07, 6.45) is 4.06. The molecule has 0 saturated carbocycles. The molecule has 4 nitrogen and oxygen atoms in total. The van der Waals surface area contributed by atoms with Crippen molar-refractivity contribution in [1.29, 1.82) is 0 Å². The van der Waals surface area contributed by atoms with Crippen molar-refractivity contribution in [3.8, 4) is 50.6 Å². The van der Waals surface area contributed by atoms with Gasteiger partial charge in [-0.3, -0.25) is 4.98 Å². The van der Waals surface area contributed by atoms with Gasteiger partial charge in [0.15, 0.2) is 0 Å². The van der Waals surface area contributed by atoms with Crippen molar-refractivity contribution < 1.29 is 30.0 Å². The van der Waals surface area contributed by atoms with E-state index in [1.807, 2.05) is 162 Å². The van der Waals surface area contributed by atoms with Gasteiger partial charge in [-0.05, 0) is 91.8 Å². The number of pyridine rings is 1. The molecule has 10 aromatic rings. The molecular weight excluding hydrogens is 959 g/mol. The number of imidazole rings is 1. The van der Waals surface area contributed by atoms with E-state index >= 15 is 0 Å². The second kappa shape index (κ2) is 18.8. The summed E-state index contributed by atoms with van der Waals surface area (Å²) in [7, 11) is 0. The van der Waals surface area contributed by atoms with Crippen LogP contribution in [0.1, 0.15) is 82.4 Å². The Bertz CT molecular complexity index is 3340. The molecule has 3 heterocycles. The van der Waals surface area contributed by atoms with Gasteiger partial charge >= 0.3 is 0 Å². The minimum absolute atomic E-state index is 0. The molecule has 3 aromatic heterocycles. The number of hydrogen-bond acceptors (Lipinski definition) is 3. The zero-order valence-electron chi connectivity index (χ0n) is 41.2. The van der Waals surface area contributed by atoms with Gasteiger partial charge in [0.2, 0.25) is 0 Å². The summed E-state index contributed by atoms with van der Waals surface area (Å²) in [6.45, 7) is 13.4. The smallest absolute Gasteiger partial charge is 0.128 e. The molecule has 321 valence electrons. The Kier molecular flexibility index (Phi) is 11.5. The van der Waals surface area contributed by atoms with Crippen LogP contribution in [-0.4, -0.2) is 14.5 Å². The van der Waals surface area contributed by atoms with Crippen molar-refractivity contribution in [3.05, 3.63) is 199 Å². The van der Waals surface area contributed by atoms with Crippen LogP contribution >= 0.6 is 0 Å². The molecular formula is C59H53IrN3O-2. The van der Waals surface area contributed by atoms with Gasteiger partial charge in [0.25, 0.3) is 0 Å². The molecule has 0 aliphatic rings. The molecule has 64 heavy (non-hydrogen) atoms. The number of rotatable bonds is 8. The molecule has 0 atom stereocenters. The Morgan fingerprint density at radius 2 is 1.31 bits per heavy atom. The van der Waals surface area contributed by atoms with Crippen LogP contribution in [0, 0.1) is 17.5 Å². The van der Waals surface area contributed by atoms with Crippen molar-refractivity contribution >= 4 is 32.7 Å². The van der Waals surface area contributed by atoms with Crippen molar-refractivity contribution in [2.24, 2.45) is 5.41 Å². The summed E-state index contributed by atoms with van der Waals surface area (Å²) < 4.78 is 43.5. The SMILES string of the molecule is [2H]C(C)(C)c1cc(-c2ccccc2)cc(C([2H])(C)C)c1-n1ccnc1-c1[c-]cccc1.[2H]C([2H])(c1ccc(-c2ccnc(-c3[c-]ccc4c3oc3c5ccccc5ccc43)c2)cc1)C(C)(C)C.[Ir]. The molecule has 0 fully saturated rings. The van der Waals surface area contributed by atoms with Crippen LogP contribution in [0.3, 0.4) is 0 Å². The summed E-state index contributed by atoms with van der Waals surface area (Å²) >= 11 is 0. The van der Waals surface area contributed by atoms with E-state index < -0.39 is 23.6 Å². The zero-order chi connectivity index (χ0) is 47.3. The van der Waals surface area contributed by atoms with Crippen LogP contribution in [0.5, 0.6) is 0 Å². The van der Waals surface area contributed by atoms with E-state index in [0.717, 1.165) is 94.4 Å². The monoisotopic (exact) mass is 1020 g/mol. The molecule has 0 aliphatic carbocycles. The summed E-state index contributed by atoms with van der Waals surface area (Å²) in [5, 5.41) is 4.37. The van der Waals surface area contributed by atoms with Crippen LogP contribution < -0.4 is 0 Å². The number of furan rings is 1. The molecule has 0 saturated heterocycles. The third-order valence-electron chi connectivity index (χ3n) is 11.2. The Labute approximate surface area is 397 Å². The largest absolute Gasteiger partial charge is 0.500 e. The summed E-state index contributed by atoms with van der Waals surface area (Å²) in [6, 6.07) is 56.9. The maximum atomic E-state index is 8.95. The standard InChI is InChI=1S/C32H26NO.C27H27N2.Ir/c1-32(2,3)20-21-11-13-22(14-12-21)24-17-18-33-29(19-24)28-10-6-9-26-27-16-15-23-7-4-5-8-25(23)30(27)34-31(26)28;1-19(2)24-17-23(21-11-7-5-8-12-21)18-25(20(3)4)26(24)29-16-15-28-27(29)22-13-9-6-10-14-22;/h4-9,11-19H,20H2,1-3H3;5-13,15-20H,1-4H3;/q2*-1;/i20D2;19D,20D;. The second-order valence-electron chi connectivity index (χ2n) is 17.4. The van der Waals surface area contributed by atoms with E-state index in [2.05, 4.69) is 70.6 Å². The third kappa shape index (κ3) is 9.15. The molecule has 0 spiro atoms. The fraction of sp³-hybridized carbons (Fsp3) is 0.186. The van der Waals surface area contributed by atoms with Gasteiger partial charge < -0.3 is 14.0 Å². The fourth-order valence-electron chi connectivity index (χ4n) is 8.25. The first kappa shape index (κ1) is 39.2. The van der Waals surface area contributed by atoms with Crippen LogP contribution in [0.4, 0.5) is 0 Å². The van der Waals surface area contributed by atoms with Gasteiger partial charge in [-0.15, -0.1) is 54.1 Å². The summed E-state index contributed by atoms with van der Waals surface area (Å²) in [4.78, 5) is 9.25. The van der Waals surface area contributed by atoms with Crippen molar-refractivity contribution in [2.45, 2.75) is 66.6 Å². The van der Waals surface area contributed by atoms with Crippen LogP contribution in [0.15, 0.2) is 175 Å². The molecule has 1 radical (unpaired) electrons. The first-order chi connectivity index (χ1) is 31.9. The van der Waals surface area contributed by atoms with Gasteiger partial charge in [0.05, 0.1) is 11.4 Å². The summed E-state index contributed by atoms with van der Waals surface area (Å²) in [5.74, 6) is -0.992. The van der Waals surface area contributed by atoms with Gasteiger partial charge in [0.1, 0.15) is 5.58 Å². The quantitative estimate of drug-likeness (QED) is 0.142. The second-order valence-corrected chi connectivity index (χ2v) is 17.4. The molecule has 0 N–H and O–H groups in total. The molecule has 10 rings (SSSR count). The average Bonchev–Trinajstić information content (AvgIpc) is 3.97. The van der Waals surface area contributed by atoms with E-state index in [0.29, 0.717) is 5.56 Å². The predicted molar refractivity (Wildman–Crippen MR) is 263 cm³/mol. The number of fused-ring (bicyclic) bond motifs is 5. The van der Waals surface area contributed by atoms with E-state index in [1.165, 1.54) is 0 Å². The predicted octanol–water partition coefficient (Wildman–Crippen LogP) is 16.1. The Hall–Kier alpha value is -6.39. The minimum atomic E-state index is -1.43. The van der Waals surface area contributed by atoms with E-state index in [1.54, 1.807) is 12.4 Å². The topological polar surface area (TPSA) is 43.9 Å². The van der Waals surface area contributed by atoms with Crippen molar-refractivity contribution in [2.75, 3.05) is 0 Å². The van der Waals surface area contributed by atoms with E-state index in [9.17, 15) is 0 Å². The van der Waals surface area contributed by atoms with Gasteiger partial charge in [0, 0.05) is 60.6 Å². The first-order valence-electron chi connectivity index (χ1n) is 23.5. The average molecular weight is 1020 g/mol. The summed E-state index contributed by atoms with van der Waals surface area (Å²) in [5.41, 5.74) is 11.0. The number of benzene rings is 7. The number of hydrogen-bond donors (Lipinski definition) is 0. The molecule has 5 heteroatoms. The maximum Gasteiger partial charge on any atom is 0.128 e. The van der Waals surface area contributed by atoms with Crippen LogP contribution in [-0.2, 0) is 26.5 Å².